The van der Waals surface area contributed by atoms with Crippen molar-refractivity contribution < 1.29 is 9.53 Å². The fourth-order valence-electron chi connectivity index (χ4n) is 2.25. The molecule has 19 heavy (non-hydrogen) atoms. The maximum Gasteiger partial charge on any atom is 0.224 e. The fourth-order valence-corrected chi connectivity index (χ4v) is 2.25. The van der Waals surface area contributed by atoms with E-state index in [-0.39, 0.29) is 24.4 Å². The first-order valence-electron chi connectivity index (χ1n) is 7.08. The van der Waals surface area contributed by atoms with E-state index >= 15 is 0 Å². The molecule has 1 unspecified atom stereocenters. The van der Waals surface area contributed by atoms with Crippen LogP contribution in [0, 0.1) is 11.8 Å². The third-order valence-electron chi connectivity index (χ3n) is 2.94. The van der Waals surface area contributed by atoms with Gasteiger partial charge in [0, 0.05) is 32.1 Å². The molecule has 0 aliphatic carbocycles. The topological polar surface area (TPSA) is 41.6 Å². The maximum atomic E-state index is 12.3. The molecule has 5 heteroatoms. The van der Waals surface area contributed by atoms with Crippen LogP contribution in [0.1, 0.15) is 34.1 Å². The molecule has 0 saturated carbocycles. The van der Waals surface area contributed by atoms with Crippen molar-refractivity contribution in [2.24, 2.45) is 11.8 Å². The summed E-state index contributed by atoms with van der Waals surface area (Å²) < 4.78 is 5.39. The number of morpholine rings is 1. The molecule has 4 nitrogen and oxygen atoms in total. The van der Waals surface area contributed by atoms with E-state index in [1.165, 1.54) is 0 Å². The second kappa shape index (κ2) is 9.56. The third kappa shape index (κ3) is 7.75. The van der Waals surface area contributed by atoms with Gasteiger partial charge in [-0.15, -0.1) is 12.4 Å². The van der Waals surface area contributed by atoms with Gasteiger partial charge in [-0.2, -0.15) is 0 Å². The average Bonchev–Trinajstić information content (AvgIpc) is 2.28. The average molecular weight is 293 g/mol. The van der Waals surface area contributed by atoms with Gasteiger partial charge in [0.15, 0.2) is 0 Å². The quantitative estimate of drug-likeness (QED) is 0.813. The highest BCUT2D eigenvalue weighted by Gasteiger charge is 2.22. The van der Waals surface area contributed by atoms with Gasteiger partial charge in [-0.3, -0.25) is 4.79 Å². The molecule has 1 aliphatic rings. The van der Waals surface area contributed by atoms with E-state index in [0.29, 0.717) is 24.9 Å². The molecule has 0 aromatic rings. The zero-order valence-electron chi connectivity index (χ0n) is 12.6. The van der Waals surface area contributed by atoms with Gasteiger partial charge in [-0.25, -0.2) is 0 Å². The number of ether oxygens (including phenoxy) is 1. The standard InChI is InChI=1S/C14H28N2O2.ClH/c1-11(2)8-16(9-12(3)4)14(17)7-13-10-18-6-5-15-13;/h11-13,15H,5-10H2,1-4H3;1H. The lowest BCUT2D eigenvalue weighted by molar-refractivity contribution is -0.133. The molecular formula is C14H29ClN2O2. The highest BCUT2D eigenvalue weighted by atomic mass is 35.5. The maximum absolute atomic E-state index is 12.3. The molecule has 1 rings (SSSR count). The normalized spacial score (nSPS) is 19.4. The van der Waals surface area contributed by atoms with Crippen LogP contribution >= 0.6 is 12.4 Å². The minimum atomic E-state index is 0. The molecule has 1 fully saturated rings. The van der Waals surface area contributed by atoms with Crippen LogP contribution in [-0.2, 0) is 9.53 Å². The first kappa shape index (κ1) is 18.7. The van der Waals surface area contributed by atoms with Gasteiger partial charge in [0.2, 0.25) is 5.91 Å². The Morgan fingerprint density at radius 1 is 1.26 bits per heavy atom. The van der Waals surface area contributed by atoms with Gasteiger partial charge in [0.05, 0.1) is 13.2 Å². The minimum absolute atomic E-state index is 0. The summed E-state index contributed by atoms with van der Waals surface area (Å²) in [6.45, 7) is 12.6. The van der Waals surface area contributed by atoms with Crippen molar-refractivity contribution in [2.75, 3.05) is 32.8 Å². The largest absolute Gasteiger partial charge is 0.378 e. The number of amides is 1. The molecule has 114 valence electrons. The number of nitrogens with one attached hydrogen (secondary N) is 1. The third-order valence-corrected chi connectivity index (χ3v) is 2.94. The lowest BCUT2D eigenvalue weighted by Gasteiger charge is -2.30. The summed E-state index contributed by atoms with van der Waals surface area (Å²) in [4.78, 5) is 14.3. The van der Waals surface area contributed by atoms with E-state index in [9.17, 15) is 4.79 Å². The van der Waals surface area contributed by atoms with Crippen molar-refractivity contribution in [1.29, 1.82) is 0 Å². The van der Waals surface area contributed by atoms with Gasteiger partial charge in [0.25, 0.3) is 0 Å². The van der Waals surface area contributed by atoms with Crippen LogP contribution in [0.5, 0.6) is 0 Å². The lowest BCUT2D eigenvalue weighted by atomic mass is 10.1. The van der Waals surface area contributed by atoms with Gasteiger partial charge >= 0.3 is 0 Å². The molecule has 0 aromatic heterocycles. The summed E-state index contributed by atoms with van der Waals surface area (Å²) in [7, 11) is 0. The van der Waals surface area contributed by atoms with Crippen LogP contribution in [0.25, 0.3) is 0 Å². The Morgan fingerprint density at radius 2 is 1.84 bits per heavy atom. The summed E-state index contributed by atoms with van der Waals surface area (Å²) >= 11 is 0. The first-order chi connectivity index (χ1) is 8.49. The molecule has 1 aliphatic heterocycles. The van der Waals surface area contributed by atoms with Crippen LogP contribution < -0.4 is 5.32 Å². The summed E-state index contributed by atoms with van der Waals surface area (Å²) in [6, 6.07) is 0.188. The SMILES string of the molecule is CC(C)CN(CC(C)C)C(=O)CC1COCCN1.Cl. The zero-order valence-corrected chi connectivity index (χ0v) is 13.5. The molecular weight excluding hydrogens is 264 g/mol. The monoisotopic (exact) mass is 292 g/mol. The van der Waals surface area contributed by atoms with Crippen molar-refractivity contribution in [3.05, 3.63) is 0 Å². The number of rotatable bonds is 6. The van der Waals surface area contributed by atoms with Crippen molar-refractivity contribution in [1.82, 2.24) is 10.2 Å². The van der Waals surface area contributed by atoms with Crippen LogP contribution in [0.15, 0.2) is 0 Å². The Hall–Kier alpha value is -0.320. The van der Waals surface area contributed by atoms with Gasteiger partial charge < -0.3 is 15.0 Å². The number of hydrogen-bond acceptors (Lipinski definition) is 3. The summed E-state index contributed by atoms with van der Waals surface area (Å²) in [5.74, 6) is 1.28. The van der Waals surface area contributed by atoms with E-state index in [4.69, 9.17) is 4.74 Å². The van der Waals surface area contributed by atoms with Crippen LogP contribution in [0.3, 0.4) is 0 Å². The minimum Gasteiger partial charge on any atom is -0.378 e. The van der Waals surface area contributed by atoms with E-state index in [1.807, 2.05) is 4.90 Å². The summed E-state index contributed by atoms with van der Waals surface area (Å²) in [5, 5.41) is 3.34. The van der Waals surface area contributed by atoms with E-state index < -0.39 is 0 Å². The Morgan fingerprint density at radius 3 is 2.26 bits per heavy atom. The number of carbonyl (C=O) groups excluding carboxylic acids is 1. The van der Waals surface area contributed by atoms with Crippen LogP contribution in [-0.4, -0.2) is 49.7 Å². The van der Waals surface area contributed by atoms with Crippen molar-refractivity contribution in [3.8, 4) is 0 Å². The molecule has 1 atom stereocenters. The first-order valence-corrected chi connectivity index (χ1v) is 7.08. The fraction of sp³-hybridized carbons (Fsp3) is 0.929. The van der Waals surface area contributed by atoms with Crippen molar-refractivity contribution in [2.45, 2.75) is 40.2 Å². The zero-order chi connectivity index (χ0) is 13.5. The molecule has 0 bridgehead atoms. The van der Waals surface area contributed by atoms with Crippen LogP contribution in [0.4, 0.5) is 0 Å². The molecule has 0 aromatic carbocycles. The number of halogens is 1. The smallest absolute Gasteiger partial charge is 0.224 e. The second-order valence-corrected chi connectivity index (χ2v) is 6.02. The molecule has 1 heterocycles. The molecule has 0 radical (unpaired) electrons. The highest BCUT2D eigenvalue weighted by molar-refractivity contribution is 5.85. The van der Waals surface area contributed by atoms with E-state index in [0.717, 1.165) is 26.2 Å². The predicted molar refractivity (Wildman–Crippen MR) is 80.7 cm³/mol. The van der Waals surface area contributed by atoms with E-state index in [2.05, 4.69) is 33.0 Å². The molecule has 1 saturated heterocycles. The second-order valence-electron chi connectivity index (χ2n) is 6.02. The van der Waals surface area contributed by atoms with E-state index in [1.54, 1.807) is 0 Å². The Bertz CT molecular complexity index is 244. The lowest BCUT2D eigenvalue weighted by Crippen LogP contribution is -2.46. The molecule has 1 amide bonds. The van der Waals surface area contributed by atoms with Gasteiger partial charge in [-0.1, -0.05) is 27.7 Å². The number of carbonyl (C=O) groups is 1. The Labute approximate surface area is 123 Å². The highest BCUT2D eigenvalue weighted by Crippen LogP contribution is 2.08. The number of nitrogens with zero attached hydrogens (tertiary/aromatic N) is 1. The van der Waals surface area contributed by atoms with Gasteiger partial charge in [-0.05, 0) is 11.8 Å². The van der Waals surface area contributed by atoms with Crippen LogP contribution in [0.2, 0.25) is 0 Å². The Kier molecular flexibility index (Phi) is 9.40. The summed E-state index contributed by atoms with van der Waals surface area (Å²) in [5.41, 5.74) is 0. The molecule has 0 spiro atoms. The summed E-state index contributed by atoms with van der Waals surface area (Å²) in [6.07, 6.45) is 0.555. The van der Waals surface area contributed by atoms with Crippen molar-refractivity contribution in [3.63, 3.8) is 0 Å². The predicted octanol–water partition coefficient (Wildman–Crippen LogP) is 1.93. The Balaban J connectivity index is 0.00000324. The van der Waals surface area contributed by atoms with Gasteiger partial charge in [0.1, 0.15) is 0 Å². The van der Waals surface area contributed by atoms with Crippen molar-refractivity contribution >= 4 is 18.3 Å². The number of hydrogen-bond donors (Lipinski definition) is 1. The molecule has 1 N–H and O–H groups in total.